The molecule has 0 aliphatic rings. The molecular weight excluding hydrogens is 314 g/mol. The molecular formula is C21H25NO3. The van der Waals surface area contributed by atoms with Crippen LogP contribution in [0.15, 0.2) is 48.5 Å². The second-order valence-electron chi connectivity index (χ2n) is 6.36. The van der Waals surface area contributed by atoms with Crippen LogP contribution in [0.5, 0.6) is 0 Å². The lowest BCUT2D eigenvalue weighted by Gasteiger charge is -2.23. The quantitative estimate of drug-likeness (QED) is 0.804. The number of carbonyl (C=O) groups is 2. The van der Waals surface area contributed by atoms with Crippen LogP contribution in [-0.4, -0.2) is 19.0 Å². The molecule has 132 valence electrons. The third-order valence-electron chi connectivity index (χ3n) is 4.27. The van der Waals surface area contributed by atoms with E-state index in [4.69, 9.17) is 0 Å². The lowest BCUT2D eigenvalue weighted by Crippen LogP contribution is -2.31. The van der Waals surface area contributed by atoms with E-state index in [1.165, 1.54) is 12.7 Å². The number of carbonyl (C=O) groups excluding carboxylic acids is 2. The molecule has 0 aromatic heterocycles. The summed E-state index contributed by atoms with van der Waals surface area (Å²) in [6.45, 7) is 6.28. The average Bonchev–Trinajstić information content (AvgIpc) is 2.65. The van der Waals surface area contributed by atoms with Gasteiger partial charge < -0.3 is 10.1 Å². The fourth-order valence-electron chi connectivity index (χ4n) is 2.70. The van der Waals surface area contributed by atoms with E-state index in [1.54, 1.807) is 24.3 Å². The van der Waals surface area contributed by atoms with Crippen molar-refractivity contribution in [2.24, 2.45) is 5.92 Å². The minimum absolute atomic E-state index is 0.0707. The van der Waals surface area contributed by atoms with Gasteiger partial charge in [-0.1, -0.05) is 45.0 Å². The van der Waals surface area contributed by atoms with Crippen molar-refractivity contribution >= 4 is 11.9 Å². The molecule has 0 saturated heterocycles. The minimum atomic E-state index is -0.414. The molecule has 2 aromatic carbocycles. The number of amides is 1. The van der Waals surface area contributed by atoms with E-state index < -0.39 is 5.97 Å². The Hall–Kier alpha value is -2.62. The lowest BCUT2D eigenvalue weighted by atomic mass is 9.94. The fraction of sp³-hybridized carbons (Fsp3) is 0.333. The molecule has 1 atom stereocenters. The molecule has 25 heavy (non-hydrogen) atoms. The van der Waals surface area contributed by atoms with Gasteiger partial charge in [0.1, 0.15) is 0 Å². The maximum absolute atomic E-state index is 12.6. The van der Waals surface area contributed by atoms with Crippen LogP contribution >= 0.6 is 0 Å². The zero-order valence-electron chi connectivity index (χ0n) is 15.2. The number of ether oxygens (including phenoxy) is 1. The largest absolute Gasteiger partial charge is 0.465 e. The zero-order chi connectivity index (χ0) is 18.4. The Labute approximate surface area is 149 Å². The van der Waals surface area contributed by atoms with E-state index >= 15 is 0 Å². The molecule has 2 aromatic rings. The molecule has 0 radical (unpaired) electrons. The number of nitrogens with one attached hydrogen (secondary N) is 1. The Morgan fingerprint density at radius 2 is 1.52 bits per heavy atom. The van der Waals surface area contributed by atoms with Gasteiger partial charge in [-0.2, -0.15) is 0 Å². The van der Waals surface area contributed by atoms with Crippen molar-refractivity contribution in [3.05, 3.63) is 70.8 Å². The van der Waals surface area contributed by atoms with Crippen LogP contribution in [0.1, 0.15) is 58.7 Å². The monoisotopic (exact) mass is 339 g/mol. The summed E-state index contributed by atoms with van der Waals surface area (Å²) >= 11 is 0. The van der Waals surface area contributed by atoms with Gasteiger partial charge in [0.05, 0.1) is 18.7 Å². The summed E-state index contributed by atoms with van der Waals surface area (Å²) in [5.74, 6) is -0.316. The summed E-state index contributed by atoms with van der Waals surface area (Å²) in [7, 11) is 1.33. The molecule has 0 heterocycles. The Balaban J connectivity index is 2.15. The van der Waals surface area contributed by atoms with E-state index in [0.717, 1.165) is 12.0 Å². The summed E-state index contributed by atoms with van der Waals surface area (Å²) < 4.78 is 4.67. The SMILES string of the molecule is CCc1ccc(C(NC(=O)c2ccc(C(=O)OC)cc2)C(C)C)cc1. The first-order chi connectivity index (χ1) is 12.0. The van der Waals surface area contributed by atoms with Gasteiger partial charge in [-0.25, -0.2) is 4.79 Å². The standard InChI is InChI=1S/C21H25NO3/c1-5-15-6-8-16(9-7-15)19(14(2)3)22-20(23)17-10-12-18(13-11-17)21(24)25-4/h6-14,19H,5H2,1-4H3,(H,22,23). The van der Waals surface area contributed by atoms with Gasteiger partial charge in [-0.3, -0.25) is 4.79 Å². The number of methoxy groups -OCH3 is 1. The van der Waals surface area contributed by atoms with E-state index in [2.05, 4.69) is 55.1 Å². The van der Waals surface area contributed by atoms with Crippen LogP contribution in [-0.2, 0) is 11.2 Å². The van der Waals surface area contributed by atoms with Gasteiger partial charge >= 0.3 is 5.97 Å². The van der Waals surface area contributed by atoms with Crippen molar-refractivity contribution in [2.45, 2.75) is 33.2 Å². The highest BCUT2D eigenvalue weighted by Gasteiger charge is 2.19. The molecule has 1 N–H and O–H groups in total. The van der Waals surface area contributed by atoms with Crippen molar-refractivity contribution in [1.82, 2.24) is 5.32 Å². The zero-order valence-corrected chi connectivity index (χ0v) is 15.2. The van der Waals surface area contributed by atoms with Crippen LogP contribution in [0.4, 0.5) is 0 Å². The van der Waals surface area contributed by atoms with Gasteiger partial charge in [-0.15, -0.1) is 0 Å². The summed E-state index contributed by atoms with van der Waals surface area (Å²) in [6, 6.07) is 14.7. The smallest absolute Gasteiger partial charge is 0.337 e. The maximum Gasteiger partial charge on any atom is 0.337 e. The molecule has 1 amide bonds. The summed E-state index contributed by atoms with van der Waals surface area (Å²) in [5.41, 5.74) is 3.31. The summed E-state index contributed by atoms with van der Waals surface area (Å²) in [4.78, 5) is 24.1. The lowest BCUT2D eigenvalue weighted by molar-refractivity contribution is 0.0600. The fourth-order valence-corrected chi connectivity index (χ4v) is 2.70. The van der Waals surface area contributed by atoms with E-state index in [1.807, 2.05) is 0 Å². The predicted octanol–water partition coefficient (Wildman–Crippen LogP) is 4.16. The van der Waals surface area contributed by atoms with E-state index in [9.17, 15) is 9.59 Å². The molecule has 0 fully saturated rings. The first kappa shape index (κ1) is 18.7. The van der Waals surface area contributed by atoms with E-state index in [-0.39, 0.29) is 17.9 Å². The van der Waals surface area contributed by atoms with E-state index in [0.29, 0.717) is 11.1 Å². The first-order valence-corrected chi connectivity index (χ1v) is 8.54. The summed E-state index contributed by atoms with van der Waals surface area (Å²) in [6.07, 6.45) is 0.992. The van der Waals surface area contributed by atoms with Crippen molar-refractivity contribution in [1.29, 1.82) is 0 Å². The molecule has 0 spiro atoms. The molecule has 1 unspecified atom stereocenters. The first-order valence-electron chi connectivity index (χ1n) is 8.54. The molecule has 0 aliphatic heterocycles. The molecule has 0 saturated carbocycles. The van der Waals surface area contributed by atoms with Gasteiger partial charge in [-0.05, 0) is 47.7 Å². The highest BCUT2D eigenvalue weighted by atomic mass is 16.5. The number of hydrogen-bond acceptors (Lipinski definition) is 3. The molecule has 0 bridgehead atoms. The number of hydrogen-bond donors (Lipinski definition) is 1. The predicted molar refractivity (Wildman–Crippen MR) is 98.6 cm³/mol. The van der Waals surface area contributed by atoms with Crippen LogP contribution in [0, 0.1) is 5.92 Å². The van der Waals surface area contributed by atoms with Crippen LogP contribution in [0.2, 0.25) is 0 Å². The highest BCUT2D eigenvalue weighted by molar-refractivity contribution is 5.96. The minimum Gasteiger partial charge on any atom is -0.465 e. The second-order valence-corrected chi connectivity index (χ2v) is 6.36. The van der Waals surface area contributed by atoms with Gasteiger partial charge in [0.2, 0.25) is 0 Å². The highest BCUT2D eigenvalue weighted by Crippen LogP contribution is 2.23. The number of benzene rings is 2. The number of aryl methyl sites for hydroxylation is 1. The molecule has 4 heteroatoms. The summed E-state index contributed by atoms with van der Waals surface area (Å²) in [5, 5.41) is 3.09. The third kappa shape index (κ3) is 4.69. The van der Waals surface area contributed by atoms with Gasteiger partial charge in [0.25, 0.3) is 5.91 Å². The second kappa shape index (κ2) is 8.47. The van der Waals surface area contributed by atoms with Crippen LogP contribution in [0.25, 0.3) is 0 Å². The van der Waals surface area contributed by atoms with Crippen molar-refractivity contribution in [2.75, 3.05) is 7.11 Å². The van der Waals surface area contributed by atoms with Crippen LogP contribution in [0.3, 0.4) is 0 Å². The van der Waals surface area contributed by atoms with Gasteiger partial charge in [0.15, 0.2) is 0 Å². The molecule has 2 rings (SSSR count). The maximum atomic E-state index is 12.6. The Morgan fingerprint density at radius 1 is 0.960 bits per heavy atom. The van der Waals surface area contributed by atoms with Gasteiger partial charge in [0, 0.05) is 5.56 Å². The average molecular weight is 339 g/mol. The van der Waals surface area contributed by atoms with Crippen LogP contribution < -0.4 is 5.32 Å². The Morgan fingerprint density at radius 3 is 2.00 bits per heavy atom. The Kier molecular flexibility index (Phi) is 6.34. The van der Waals surface area contributed by atoms with Crippen molar-refractivity contribution < 1.29 is 14.3 Å². The third-order valence-corrected chi connectivity index (χ3v) is 4.27. The number of esters is 1. The normalized spacial score (nSPS) is 11.9. The Bertz CT molecular complexity index is 718. The van der Waals surface area contributed by atoms with Crippen molar-refractivity contribution in [3.8, 4) is 0 Å². The number of rotatable bonds is 6. The van der Waals surface area contributed by atoms with Crippen molar-refractivity contribution in [3.63, 3.8) is 0 Å². The topological polar surface area (TPSA) is 55.4 Å². The molecule has 4 nitrogen and oxygen atoms in total. The molecule has 0 aliphatic carbocycles.